The molecule has 0 fully saturated rings. The Bertz CT molecular complexity index is 480. The molecule has 0 N–H and O–H groups in total. The predicted molar refractivity (Wildman–Crippen MR) is 49.1 cm³/mol. The van der Waals surface area contributed by atoms with Gasteiger partial charge < -0.3 is 0 Å². The number of benzene rings is 1. The lowest BCUT2D eigenvalue weighted by Gasteiger charge is -2.20. The molecule has 0 amide bonds. The molecule has 0 spiro atoms. The summed E-state index contributed by atoms with van der Waals surface area (Å²) in [5.41, 5.74) is -6.40. The van der Waals surface area contributed by atoms with Gasteiger partial charge in [-0.2, -0.15) is 39.5 Å². The zero-order chi connectivity index (χ0) is 15.2. The maximum Gasteiger partial charge on any atom is 0.418 e. The molecule has 0 atom stereocenters. The molecule has 1 rings (SSSR count). The summed E-state index contributed by atoms with van der Waals surface area (Å²) in [5, 5.41) is 0. The van der Waals surface area contributed by atoms with Crippen molar-refractivity contribution in [1.82, 2.24) is 0 Å². The van der Waals surface area contributed by atoms with Crippen molar-refractivity contribution in [3.8, 4) is 0 Å². The van der Waals surface area contributed by atoms with E-state index in [4.69, 9.17) is 0 Å². The molecule has 19 heavy (non-hydrogen) atoms. The van der Waals surface area contributed by atoms with E-state index in [1.165, 1.54) is 0 Å². The van der Waals surface area contributed by atoms with Crippen molar-refractivity contribution in [2.24, 2.45) is 0 Å². The predicted octanol–water partition coefficient (Wildman–Crippen LogP) is 5.51. The SMILES string of the molecule is FC(F)(F)c1ccc(C(F)(F)F)c(C(F)(F)F)c1Br. The minimum Gasteiger partial charge on any atom is -0.166 e. The van der Waals surface area contributed by atoms with Crippen LogP contribution < -0.4 is 0 Å². The van der Waals surface area contributed by atoms with Gasteiger partial charge in [0, 0.05) is 4.47 Å². The van der Waals surface area contributed by atoms with Crippen LogP contribution in [0.2, 0.25) is 0 Å². The minimum absolute atomic E-state index is 0.0534. The fraction of sp³-hybridized carbons (Fsp3) is 0.333. The van der Waals surface area contributed by atoms with Crippen molar-refractivity contribution in [2.75, 3.05) is 0 Å². The highest BCUT2D eigenvalue weighted by molar-refractivity contribution is 9.10. The smallest absolute Gasteiger partial charge is 0.166 e. The lowest BCUT2D eigenvalue weighted by molar-refractivity contribution is -0.164. The van der Waals surface area contributed by atoms with Gasteiger partial charge in [0.2, 0.25) is 0 Å². The average molecular weight is 361 g/mol. The Labute approximate surface area is 108 Å². The van der Waals surface area contributed by atoms with Gasteiger partial charge in [-0.1, -0.05) is 0 Å². The monoisotopic (exact) mass is 360 g/mol. The minimum atomic E-state index is -5.58. The molecule has 0 aromatic heterocycles. The summed E-state index contributed by atoms with van der Waals surface area (Å²) in [6.07, 6.45) is -16.2. The van der Waals surface area contributed by atoms with Crippen molar-refractivity contribution >= 4 is 15.9 Å². The Hall–Kier alpha value is -0.930. The van der Waals surface area contributed by atoms with Gasteiger partial charge >= 0.3 is 18.5 Å². The molecule has 0 saturated heterocycles. The van der Waals surface area contributed by atoms with Crippen LogP contribution in [0, 0.1) is 0 Å². The first-order valence-corrected chi connectivity index (χ1v) is 5.09. The fourth-order valence-corrected chi connectivity index (χ4v) is 2.10. The van der Waals surface area contributed by atoms with Gasteiger partial charge in [-0.05, 0) is 28.1 Å². The third-order valence-electron chi connectivity index (χ3n) is 2.04. The number of hydrogen-bond acceptors (Lipinski definition) is 0. The van der Waals surface area contributed by atoms with Crippen LogP contribution in [0.3, 0.4) is 0 Å². The van der Waals surface area contributed by atoms with Crippen LogP contribution in [0.1, 0.15) is 16.7 Å². The second-order valence-electron chi connectivity index (χ2n) is 3.34. The Balaban J connectivity index is 3.71. The standard InChI is InChI=1S/C9H2BrF9/c10-6-4(8(14,15)16)2-1-3(7(11,12)13)5(6)9(17,18)19/h1-2H. The van der Waals surface area contributed by atoms with Gasteiger partial charge in [-0.15, -0.1) is 0 Å². The van der Waals surface area contributed by atoms with Gasteiger partial charge in [0.25, 0.3) is 0 Å². The highest BCUT2D eigenvalue weighted by Gasteiger charge is 2.47. The highest BCUT2D eigenvalue weighted by atomic mass is 79.9. The Morgan fingerprint density at radius 2 is 1.00 bits per heavy atom. The Morgan fingerprint density at radius 1 is 0.632 bits per heavy atom. The van der Waals surface area contributed by atoms with Crippen LogP contribution in [0.15, 0.2) is 16.6 Å². The zero-order valence-electron chi connectivity index (χ0n) is 8.43. The quantitative estimate of drug-likeness (QED) is 0.535. The highest BCUT2D eigenvalue weighted by Crippen LogP contribution is 2.47. The molecule has 10 heteroatoms. The number of alkyl halides is 9. The van der Waals surface area contributed by atoms with Crippen LogP contribution in [-0.4, -0.2) is 0 Å². The average Bonchev–Trinajstić information content (AvgIpc) is 2.11. The first kappa shape index (κ1) is 16.1. The van der Waals surface area contributed by atoms with Gasteiger partial charge in [0.05, 0.1) is 16.7 Å². The lowest BCUT2D eigenvalue weighted by atomic mass is 10.0. The van der Waals surface area contributed by atoms with Crippen molar-refractivity contribution < 1.29 is 39.5 Å². The normalized spacial score (nSPS) is 13.8. The first-order valence-electron chi connectivity index (χ1n) is 4.30. The number of halogens is 10. The van der Waals surface area contributed by atoms with Crippen LogP contribution in [0.5, 0.6) is 0 Å². The molecule has 0 bridgehead atoms. The summed E-state index contributed by atoms with van der Waals surface area (Å²) in [4.78, 5) is 0. The fourth-order valence-electron chi connectivity index (χ4n) is 1.31. The van der Waals surface area contributed by atoms with Gasteiger partial charge in [0.1, 0.15) is 0 Å². The summed E-state index contributed by atoms with van der Waals surface area (Å²) < 4.78 is 110. The van der Waals surface area contributed by atoms with Crippen LogP contribution in [0.4, 0.5) is 39.5 Å². The van der Waals surface area contributed by atoms with Crippen molar-refractivity contribution in [2.45, 2.75) is 18.5 Å². The molecular weight excluding hydrogens is 359 g/mol. The van der Waals surface area contributed by atoms with E-state index in [1.807, 2.05) is 15.9 Å². The van der Waals surface area contributed by atoms with E-state index in [-0.39, 0.29) is 12.1 Å². The second-order valence-corrected chi connectivity index (χ2v) is 4.14. The molecule has 108 valence electrons. The molecule has 1 aromatic rings. The first-order chi connectivity index (χ1) is 8.26. The van der Waals surface area contributed by atoms with E-state index < -0.39 is 39.7 Å². The third-order valence-corrected chi connectivity index (χ3v) is 2.86. The van der Waals surface area contributed by atoms with E-state index in [0.717, 1.165) is 0 Å². The molecule has 0 aliphatic rings. The van der Waals surface area contributed by atoms with Crippen molar-refractivity contribution in [1.29, 1.82) is 0 Å². The summed E-state index contributed by atoms with van der Waals surface area (Å²) in [5.74, 6) is 0. The molecule has 1 aromatic carbocycles. The largest absolute Gasteiger partial charge is 0.418 e. The molecule has 0 saturated carbocycles. The Morgan fingerprint density at radius 3 is 1.32 bits per heavy atom. The summed E-state index contributed by atoms with van der Waals surface area (Å²) >= 11 is 1.96. The van der Waals surface area contributed by atoms with Gasteiger partial charge in [0.15, 0.2) is 0 Å². The van der Waals surface area contributed by atoms with E-state index in [2.05, 4.69) is 0 Å². The van der Waals surface area contributed by atoms with E-state index in [1.54, 1.807) is 0 Å². The molecular formula is C9H2BrF9. The third kappa shape index (κ3) is 3.34. The number of rotatable bonds is 0. The van der Waals surface area contributed by atoms with Crippen LogP contribution in [-0.2, 0) is 18.5 Å². The van der Waals surface area contributed by atoms with Crippen LogP contribution in [0.25, 0.3) is 0 Å². The lowest BCUT2D eigenvalue weighted by Crippen LogP contribution is -2.20. The summed E-state index contributed by atoms with van der Waals surface area (Å²) in [6.45, 7) is 0. The van der Waals surface area contributed by atoms with E-state index >= 15 is 0 Å². The second kappa shape index (κ2) is 4.57. The van der Waals surface area contributed by atoms with Crippen molar-refractivity contribution in [3.05, 3.63) is 33.3 Å². The summed E-state index contributed by atoms with van der Waals surface area (Å²) in [7, 11) is 0. The molecule has 0 aliphatic heterocycles. The maximum atomic E-state index is 12.5. The maximum absolute atomic E-state index is 12.5. The molecule has 0 unspecified atom stereocenters. The topological polar surface area (TPSA) is 0 Å². The number of hydrogen-bond donors (Lipinski definition) is 0. The molecule has 0 heterocycles. The van der Waals surface area contributed by atoms with Gasteiger partial charge in [-0.25, -0.2) is 0 Å². The van der Waals surface area contributed by atoms with E-state index in [9.17, 15) is 39.5 Å². The van der Waals surface area contributed by atoms with Crippen molar-refractivity contribution in [3.63, 3.8) is 0 Å². The van der Waals surface area contributed by atoms with Gasteiger partial charge in [-0.3, -0.25) is 0 Å². The summed E-state index contributed by atoms with van der Waals surface area (Å²) in [6, 6.07) is -0.293. The molecule has 0 aliphatic carbocycles. The molecule has 0 nitrogen and oxygen atoms in total. The van der Waals surface area contributed by atoms with E-state index in [0.29, 0.717) is 0 Å². The Kier molecular flexibility index (Phi) is 3.88. The molecule has 0 radical (unpaired) electrons. The van der Waals surface area contributed by atoms with Crippen LogP contribution >= 0.6 is 15.9 Å². The zero-order valence-corrected chi connectivity index (χ0v) is 10.0.